The first-order chi connectivity index (χ1) is 13.5. The highest BCUT2D eigenvalue weighted by Crippen LogP contribution is 2.25. The van der Waals surface area contributed by atoms with Gasteiger partial charge in [0.05, 0.1) is 36.4 Å². The van der Waals surface area contributed by atoms with Crippen molar-refractivity contribution in [1.29, 1.82) is 5.26 Å². The number of nitriles is 1. The smallest absolute Gasteiger partial charge is 0.237 e. The van der Waals surface area contributed by atoms with Crippen LogP contribution >= 0.6 is 11.8 Å². The highest BCUT2D eigenvalue weighted by atomic mass is 32.2. The molecule has 0 fully saturated rings. The molecule has 0 aliphatic rings. The van der Waals surface area contributed by atoms with Gasteiger partial charge in [0.1, 0.15) is 5.75 Å². The molecule has 0 saturated carbocycles. The van der Waals surface area contributed by atoms with Crippen LogP contribution in [0.5, 0.6) is 5.75 Å². The Kier molecular flexibility index (Phi) is 6.22. The van der Waals surface area contributed by atoms with Crippen LogP contribution in [0.2, 0.25) is 0 Å². The van der Waals surface area contributed by atoms with E-state index in [-0.39, 0.29) is 18.1 Å². The topological polar surface area (TPSA) is 82.0 Å². The van der Waals surface area contributed by atoms with E-state index in [1.54, 1.807) is 12.0 Å². The number of thioether (sulfide) groups is 1. The van der Waals surface area contributed by atoms with Crippen LogP contribution in [-0.4, -0.2) is 35.3 Å². The first-order valence-electron chi connectivity index (χ1n) is 8.93. The first kappa shape index (κ1) is 19.8. The molecule has 0 saturated heterocycles. The van der Waals surface area contributed by atoms with Crippen LogP contribution < -0.4 is 9.64 Å². The number of aryl methyl sites for hydroxylation is 2. The molecule has 3 rings (SSSR count). The molecule has 0 bridgehead atoms. The van der Waals surface area contributed by atoms with Gasteiger partial charge in [-0.2, -0.15) is 5.26 Å². The highest BCUT2D eigenvalue weighted by Gasteiger charge is 2.17. The largest absolute Gasteiger partial charge is 0.497 e. The van der Waals surface area contributed by atoms with Gasteiger partial charge in [-0.1, -0.05) is 17.8 Å². The summed E-state index contributed by atoms with van der Waals surface area (Å²) in [5.41, 5.74) is 4.80. The Bertz CT molecular complexity index is 1040. The third-order valence-corrected chi connectivity index (χ3v) is 5.41. The second kappa shape index (κ2) is 8.81. The van der Waals surface area contributed by atoms with Gasteiger partial charge in [0.15, 0.2) is 5.16 Å². The lowest BCUT2D eigenvalue weighted by Gasteiger charge is -2.22. The number of carbonyl (C=O) groups excluding carboxylic acids is 1. The van der Waals surface area contributed by atoms with Crippen molar-refractivity contribution in [3.05, 3.63) is 47.5 Å². The summed E-state index contributed by atoms with van der Waals surface area (Å²) < 4.78 is 5.22. The molecule has 0 atom stereocenters. The summed E-state index contributed by atoms with van der Waals surface area (Å²) in [4.78, 5) is 22.3. The molecular weight excluding hydrogens is 372 g/mol. The minimum Gasteiger partial charge on any atom is -0.497 e. The van der Waals surface area contributed by atoms with Gasteiger partial charge < -0.3 is 14.6 Å². The molecule has 2 aromatic carbocycles. The second-order valence-electron chi connectivity index (χ2n) is 6.44. The lowest BCUT2D eigenvalue weighted by molar-refractivity contribution is -0.116. The number of fused-ring (bicyclic) bond motifs is 1. The predicted molar refractivity (Wildman–Crippen MR) is 112 cm³/mol. The van der Waals surface area contributed by atoms with E-state index in [2.05, 4.69) is 16.0 Å². The number of anilines is 1. The normalized spacial score (nSPS) is 10.6. The van der Waals surface area contributed by atoms with Gasteiger partial charge in [0.2, 0.25) is 5.91 Å². The summed E-state index contributed by atoms with van der Waals surface area (Å²) in [6.07, 6.45) is 0.285. The maximum atomic E-state index is 12.9. The van der Waals surface area contributed by atoms with Crippen LogP contribution in [0.4, 0.5) is 5.69 Å². The maximum absolute atomic E-state index is 12.9. The van der Waals surface area contributed by atoms with Crippen molar-refractivity contribution >= 4 is 34.4 Å². The number of hydrogen-bond donors (Lipinski definition) is 1. The Morgan fingerprint density at radius 2 is 2.07 bits per heavy atom. The number of hydrogen-bond acceptors (Lipinski definition) is 5. The number of nitrogens with one attached hydrogen (secondary N) is 1. The molecule has 1 aromatic heterocycles. The fourth-order valence-electron chi connectivity index (χ4n) is 2.82. The molecule has 0 radical (unpaired) electrons. The molecule has 28 heavy (non-hydrogen) atoms. The first-order valence-corrected chi connectivity index (χ1v) is 9.91. The second-order valence-corrected chi connectivity index (χ2v) is 7.40. The van der Waals surface area contributed by atoms with Crippen molar-refractivity contribution in [2.75, 3.05) is 24.3 Å². The van der Waals surface area contributed by atoms with E-state index >= 15 is 0 Å². The van der Waals surface area contributed by atoms with E-state index in [1.807, 2.05) is 50.2 Å². The predicted octanol–water partition coefficient (Wildman–Crippen LogP) is 4.23. The fourth-order valence-corrected chi connectivity index (χ4v) is 3.58. The number of benzene rings is 2. The van der Waals surface area contributed by atoms with Gasteiger partial charge >= 0.3 is 0 Å². The summed E-state index contributed by atoms with van der Waals surface area (Å²) >= 11 is 1.35. The van der Waals surface area contributed by atoms with E-state index in [0.29, 0.717) is 11.7 Å². The Morgan fingerprint density at radius 3 is 2.79 bits per heavy atom. The summed E-state index contributed by atoms with van der Waals surface area (Å²) in [5.74, 6) is 0.928. The van der Waals surface area contributed by atoms with E-state index in [0.717, 1.165) is 28.0 Å². The summed E-state index contributed by atoms with van der Waals surface area (Å²) in [5, 5.41) is 9.63. The van der Waals surface area contributed by atoms with Crippen molar-refractivity contribution < 1.29 is 9.53 Å². The standard InChI is InChI=1S/C21H22N4O2S/c1-14-5-6-16(11-15(14)2)25(10-4-9-22)20(26)13-28-21-23-18-8-7-17(27-3)12-19(18)24-21/h5-8,11-12H,4,10,13H2,1-3H3,(H,23,24). The lowest BCUT2D eigenvalue weighted by Crippen LogP contribution is -2.33. The molecule has 144 valence electrons. The van der Waals surface area contributed by atoms with E-state index < -0.39 is 0 Å². The van der Waals surface area contributed by atoms with Crippen LogP contribution in [0.1, 0.15) is 17.5 Å². The third kappa shape index (κ3) is 4.46. The summed E-state index contributed by atoms with van der Waals surface area (Å²) in [7, 11) is 1.62. The van der Waals surface area contributed by atoms with Gasteiger partial charge in [0, 0.05) is 18.3 Å². The van der Waals surface area contributed by atoms with Gasteiger partial charge in [-0.25, -0.2) is 4.98 Å². The van der Waals surface area contributed by atoms with Crippen LogP contribution in [0.25, 0.3) is 11.0 Å². The lowest BCUT2D eigenvalue weighted by atomic mass is 10.1. The average molecular weight is 395 g/mol. The zero-order chi connectivity index (χ0) is 20.1. The number of imidazole rings is 1. The number of aromatic nitrogens is 2. The van der Waals surface area contributed by atoms with E-state index in [4.69, 9.17) is 10.00 Å². The number of rotatable bonds is 7. The van der Waals surface area contributed by atoms with Gasteiger partial charge in [-0.3, -0.25) is 4.79 Å². The number of methoxy groups -OCH3 is 1. The van der Waals surface area contributed by atoms with Crippen molar-refractivity contribution in [1.82, 2.24) is 9.97 Å². The molecule has 6 nitrogen and oxygen atoms in total. The molecule has 0 aliphatic carbocycles. The minimum atomic E-state index is -0.0541. The van der Waals surface area contributed by atoms with Crippen LogP contribution in [0.15, 0.2) is 41.6 Å². The monoisotopic (exact) mass is 394 g/mol. The quantitative estimate of drug-likeness (QED) is 0.607. The Morgan fingerprint density at radius 1 is 1.25 bits per heavy atom. The van der Waals surface area contributed by atoms with Gasteiger partial charge in [0.25, 0.3) is 0 Å². The van der Waals surface area contributed by atoms with Gasteiger partial charge in [-0.15, -0.1) is 0 Å². The number of ether oxygens (including phenoxy) is 1. The molecule has 1 N–H and O–H groups in total. The molecule has 3 aromatic rings. The Hall–Kier alpha value is -2.98. The van der Waals surface area contributed by atoms with Crippen LogP contribution in [-0.2, 0) is 4.79 Å². The molecular formula is C21H22N4O2S. The van der Waals surface area contributed by atoms with Crippen molar-refractivity contribution in [3.8, 4) is 11.8 Å². The fraction of sp³-hybridized carbons (Fsp3) is 0.286. The average Bonchev–Trinajstić information content (AvgIpc) is 3.11. The number of nitrogens with zero attached hydrogens (tertiary/aromatic N) is 3. The molecule has 1 heterocycles. The summed E-state index contributed by atoms with van der Waals surface area (Å²) in [6.45, 7) is 4.42. The Labute approximate surface area is 168 Å². The zero-order valence-electron chi connectivity index (χ0n) is 16.2. The highest BCUT2D eigenvalue weighted by molar-refractivity contribution is 7.99. The summed E-state index contributed by atoms with van der Waals surface area (Å²) in [6, 6.07) is 13.6. The maximum Gasteiger partial charge on any atom is 0.237 e. The van der Waals surface area contributed by atoms with Crippen molar-refractivity contribution in [2.24, 2.45) is 0 Å². The van der Waals surface area contributed by atoms with E-state index in [9.17, 15) is 4.79 Å². The minimum absolute atomic E-state index is 0.0541. The van der Waals surface area contributed by atoms with Crippen LogP contribution in [0, 0.1) is 25.2 Å². The van der Waals surface area contributed by atoms with Gasteiger partial charge in [-0.05, 0) is 49.2 Å². The SMILES string of the molecule is COc1ccc2nc(SCC(=O)N(CCC#N)c3ccc(C)c(C)c3)[nH]c2c1. The van der Waals surface area contributed by atoms with Crippen molar-refractivity contribution in [2.45, 2.75) is 25.4 Å². The number of H-pyrrole nitrogens is 1. The Balaban J connectivity index is 1.74. The molecule has 7 heteroatoms. The number of amides is 1. The number of carbonyl (C=O) groups is 1. The zero-order valence-corrected chi connectivity index (χ0v) is 17.0. The molecule has 0 spiro atoms. The van der Waals surface area contributed by atoms with E-state index in [1.165, 1.54) is 17.3 Å². The number of aromatic amines is 1. The van der Waals surface area contributed by atoms with Crippen molar-refractivity contribution in [3.63, 3.8) is 0 Å². The molecule has 0 unspecified atom stereocenters. The molecule has 0 aliphatic heterocycles. The van der Waals surface area contributed by atoms with Crippen LogP contribution in [0.3, 0.4) is 0 Å². The third-order valence-electron chi connectivity index (χ3n) is 4.55. The molecule has 1 amide bonds.